The number of urea groups is 1. The second-order valence-electron chi connectivity index (χ2n) is 9.34. The van der Waals surface area contributed by atoms with Gasteiger partial charge in [0.25, 0.3) is 5.91 Å². The number of carbonyl (C=O) groups excluding carboxylic acids is 3. The van der Waals surface area contributed by atoms with Gasteiger partial charge in [0.05, 0.1) is 6.04 Å². The van der Waals surface area contributed by atoms with E-state index in [1.165, 1.54) is 0 Å². The van der Waals surface area contributed by atoms with Crippen molar-refractivity contribution in [2.45, 2.75) is 50.9 Å². The number of hydrogen-bond donors (Lipinski definition) is 5. The Balaban J connectivity index is 1.15. The quantitative estimate of drug-likeness (QED) is 0.424. The van der Waals surface area contributed by atoms with E-state index < -0.39 is 6.04 Å². The fourth-order valence-corrected chi connectivity index (χ4v) is 4.89. The smallest absolute Gasteiger partial charge is 0.319 e. The van der Waals surface area contributed by atoms with Gasteiger partial charge in [-0.2, -0.15) is 0 Å². The number of carbonyl (C=O) groups is 3. The lowest BCUT2D eigenvalue weighted by Gasteiger charge is -2.31. The van der Waals surface area contributed by atoms with E-state index in [-0.39, 0.29) is 29.8 Å². The van der Waals surface area contributed by atoms with Crippen LogP contribution in [-0.2, 0) is 17.9 Å². The van der Waals surface area contributed by atoms with E-state index in [1.807, 2.05) is 36.4 Å². The zero-order valence-electron chi connectivity index (χ0n) is 19.9. The van der Waals surface area contributed by atoms with Gasteiger partial charge in [0.15, 0.2) is 0 Å². The Morgan fingerprint density at radius 1 is 1.11 bits per heavy atom. The lowest BCUT2D eigenvalue weighted by Crippen LogP contribution is -2.52. The number of fused-ring (bicyclic) bond motifs is 1. The Morgan fingerprint density at radius 3 is 2.75 bits per heavy atom. The Morgan fingerprint density at radius 2 is 1.94 bits per heavy atom. The van der Waals surface area contributed by atoms with Gasteiger partial charge < -0.3 is 30.9 Å². The highest BCUT2D eigenvalue weighted by atomic mass is 16.5. The Kier molecular flexibility index (Phi) is 6.86. The molecule has 0 aromatic heterocycles. The van der Waals surface area contributed by atoms with Crippen LogP contribution < -0.4 is 26.0 Å². The van der Waals surface area contributed by atoms with Crippen LogP contribution >= 0.6 is 0 Å². The lowest BCUT2D eigenvalue weighted by atomic mass is 10.0. The van der Waals surface area contributed by atoms with Gasteiger partial charge >= 0.3 is 6.03 Å². The Labute approximate surface area is 209 Å². The molecule has 3 heterocycles. The van der Waals surface area contributed by atoms with Crippen molar-refractivity contribution in [1.29, 1.82) is 5.41 Å². The van der Waals surface area contributed by atoms with Crippen LogP contribution in [0.15, 0.2) is 42.5 Å². The molecule has 188 valence electrons. The summed E-state index contributed by atoms with van der Waals surface area (Å²) in [5, 5.41) is 19.6. The third-order valence-corrected chi connectivity index (χ3v) is 6.76. The summed E-state index contributed by atoms with van der Waals surface area (Å²) >= 11 is 0. The van der Waals surface area contributed by atoms with Gasteiger partial charge in [-0.1, -0.05) is 18.2 Å². The molecule has 2 saturated heterocycles. The molecule has 5 rings (SSSR count). The molecule has 1 atom stereocenters. The highest BCUT2D eigenvalue weighted by molar-refractivity contribution is 6.06. The molecule has 10 heteroatoms. The number of rotatable bonds is 6. The molecule has 3 aliphatic heterocycles. The average Bonchev–Trinajstić information content (AvgIpc) is 3.19. The molecule has 3 aliphatic rings. The number of amidine groups is 1. The zero-order chi connectivity index (χ0) is 25.1. The first-order chi connectivity index (χ1) is 17.5. The molecule has 2 aromatic carbocycles. The fraction of sp³-hybridized carbons (Fsp3) is 0.385. The third kappa shape index (κ3) is 5.33. The Bertz CT molecular complexity index is 1190. The first-order valence-electron chi connectivity index (χ1n) is 12.3. The summed E-state index contributed by atoms with van der Waals surface area (Å²) in [4.78, 5) is 38.5. The van der Waals surface area contributed by atoms with Gasteiger partial charge in [-0.3, -0.25) is 15.0 Å². The van der Waals surface area contributed by atoms with Crippen LogP contribution in [0, 0.1) is 5.41 Å². The number of hydrogen-bond acceptors (Lipinski definition) is 6. The van der Waals surface area contributed by atoms with Gasteiger partial charge in [0.1, 0.15) is 17.7 Å². The minimum Gasteiger partial charge on any atom is -0.490 e. The van der Waals surface area contributed by atoms with Crippen LogP contribution in [0.5, 0.6) is 5.75 Å². The summed E-state index contributed by atoms with van der Waals surface area (Å²) in [6.45, 7) is 2.57. The van der Waals surface area contributed by atoms with Crippen molar-refractivity contribution in [2.24, 2.45) is 0 Å². The van der Waals surface area contributed by atoms with Crippen molar-refractivity contribution in [3.05, 3.63) is 59.2 Å². The van der Waals surface area contributed by atoms with Crippen molar-refractivity contribution < 1.29 is 19.1 Å². The summed E-state index contributed by atoms with van der Waals surface area (Å²) in [5.41, 5.74) is 2.97. The molecule has 4 amide bonds. The predicted octanol–water partition coefficient (Wildman–Crippen LogP) is 2.35. The first kappa shape index (κ1) is 23.8. The highest BCUT2D eigenvalue weighted by Crippen LogP contribution is 2.28. The minimum atomic E-state index is -0.426. The molecule has 5 N–H and O–H groups in total. The number of anilines is 1. The molecule has 0 aliphatic carbocycles. The summed E-state index contributed by atoms with van der Waals surface area (Å²) < 4.78 is 6.05. The van der Waals surface area contributed by atoms with Gasteiger partial charge in [-0.25, -0.2) is 4.79 Å². The monoisotopic (exact) mass is 490 g/mol. The molecular weight excluding hydrogens is 460 g/mol. The van der Waals surface area contributed by atoms with E-state index >= 15 is 0 Å². The van der Waals surface area contributed by atoms with Crippen molar-refractivity contribution >= 4 is 29.4 Å². The minimum absolute atomic E-state index is 0.0659. The SMILES string of the molecule is N=C1NC(=O)CCC1N1Cc2cc(CNC(=O)Nc3cccc(OC4CCNCC4)c3)ccc2C1=O. The number of amides is 4. The summed E-state index contributed by atoms with van der Waals surface area (Å²) in [7, 11) is 0. The standard InChI is InChI=1S/C26H30N6O4/c27-24-22(6-7-23(33)31-24)32-15-17-12-16(4-5-21(17)25(32)34)14-29-26(35)30-18-2-1-3-20(13-18)36-19-8-10-28-11-9-19/h1-5,12-13,19,22,28H,6-11,14-15H2,(H2,27,31,33)(H2,29,30,35). The fourth-order valence-electron chi connectivity index (χ4n) is 4.89. The zero-order valence-corrected chi connectivity index (χ0v) is 19.9. The largest absolute Gasteiger partial charge is 0.490 e. The highest BCUT2D eigenvalue weighted by Gasteiger charge is 2.37. The summed E-state index contributed by atoms with van der Waals surface area (Å²) in [6, 6.07) is 12.1. The predicted molar refractivity (Wildman–Crippen MR) is 134 cm³/mol. The van der Waals surface area contributed by atoms with Crippen molar-refractivity contribution in [2.75, 3.05) is 18.4 Å². The van der Waals surface area contributed by atoms with E-state index in [1.54, 1.807) is 11.0 Å². The van der Waals surface area contributed by atoms with E-state index in [0.717, 1.165) is 42.8 Å². The van der Waals surface area contributed by atoms with Crippen LogP contribution in [0.3, 0.4) is 0 Å². The summed E-state index contributed by atoms with van der Waals surface area (Å²) in [5.74, 6) is 0.474. The van der Waals surface area contributed by atoms with Crippen LogP contribution in [-0.4, -0.2) is 53.8 Å². The molecular formula is C26H30N6O4. The van der Waals surface area contributed by atoms with Crippen molar-refractivity contribution in [1.82, 2.24) is 20.9 Å². The van der Waals surface area contributed by atoms with E-state index in [9.17, 15) is 14.4 Å². The summed E-state index contributed by atoms with van der Waals surface area (Å²) in [6.07, 6.45) is 2.85. The van der Waals surface area contributed by atoms with Gasteiger partial charge in [0, 0.05) is 36.8 Å². The molecule has 2 fully saturated rings. The van der Waals surface area contributed by atoms with Gasteiger partial charge in [-0.15, -0.1) is 0 Å². The van der Waals surface area contributed by atoms with Gasteiger partial charge in [-0.05, 0) is 61.7 Å². The maximum Gasteiger partial charge on any atom is 0.319 e. The van der Waals surface area contributed by atoms with Crippen molar-refractivity contribution in [3.63, 3.8) is 0 Å². The average molecular weight is 491 g/mol. The lowest BCUT2D eigenvalue weighted by molar-refractivity contribution is -0.120. The molecule has 0 saturated carbocycles. The second kappa shape index (κ2) is 10.4. The molecule has 2 aromatic rings. The maximum atomic E-state index is 12.9. The number of piperidine rings is 2. The topological polar surface area (TPSA) is 136 Å². The third-order valence-electron chi connectivity index (χ3n) is 6.76. The van der Waals surface area contributed by atoms with Crippen LogP contribution in [0.1, 0.15) is 47.2 Å². The molecule has 0 radical (unpaired) electrons. The number of benzene rings is 2. The van der Waals surface area contributed by atoms with Crippen LogP contribution in [0.2, 0.25) is 0 Å². The van der Waals surface area contributed by atoms with Gasteiger partial charge in [0.2, 0.25) is 5.91 Å². The number of nitrogens with one attached hydrogen (secondary N) is 5. The van der Waals surface area contributed by atoms with E-state index in [0.29, 0.717) is 37.2 Å². The van der Waals surface area contributed by atoms with Crippen LogP contribution in [0.4, 0.5) is 10.5 Å². The van der Waals surface area contributed by atoms with Crippen molar-refractivity contribution in [3.8, 4) is 5.75 Å². The normalized spacial score (nSPS) is 20.1. The molecule has 36 heavy (non-hydrogen) atoms. The molecule has 0 spiro atoms. The molecule has 10 nitrogen and oxygen atoms in total. The van der Waals surface area contributed by atoms with E-state index in [2.05, 4.69) is 21.3 Å². The first-order valence-corrected chi connectivity index (χ1v) is 12.3. The van der Waals surface area contributed by atoms with E-state index in [4.69, 9.17) is 10.1 Å². The maximum absolute atomic E-state index is 12.9. The number of ether oxygens (including phenoxy) is 1. The molecule has 1 unspecified atom stereocenters. The second-order valence-corrected chi connectivity index (χ2v) is 9.34. The van der Waals surface area contributed by atoms with Crippen LogP contribution in [0.25, 0.3) is 0 Å². The Hall–Kier alpha value is -3.92. The molecule has 0 bridgehead atoms. The number of nitrogens with zero attached hydrogens (tertiary/aromatic N) is 1.